The number of benzene rings is 4. The lowest BCUT2D eigenvalue weighted by molar-refractivity contribution is -0.137. The molecule has 0 saturated carbocycles. The van der Waals surface area contributed by atoms with Crippen LogP contribution in [0, 0.1) is 0 Å². The van der Waals surface area contributed by atoms with E-state index in [4.69, 9.17) is 16.3 Å². The van der Waals surface area contributed by atoms with Crippen LogP contribution in [-0.4, -0.2) is 43.0 Å². The van der Waals surface area contributed by atoms with Gasteiger partial charge < -0.3 is 9.64 Å². The SMILES string of the molecule is CN(C)C(=O)c1cccc(OCCCN(Cc2cccc(C(F)(F)F)c2Cl)C(C)(c2ccccc2)c2ccccc2)c1. The van der Waals surface area contributed by atoms with Gasteiger partial charge in [0, 0.05) is 32.7 Å². The molecule has 0 fully saturated rings. The maximum Gasteiger partial charge on any atom is 0.417 e. The summed E-state index contributed by atoms with van der Waals surface area (Å²) in [5, 5.41) is -0.294. The van der Waals surface area contributed by atoms with E-state index < -0.39 is 17.3 Å². The topological polar surface area (TPSA) is 32.8 Å². The smallest absolute Gasteiger partial charge is 0.417 e. The van der Waals surface area contributed by atoms with Gasteiger partial charge in [0.05, 0.1) is 22.7 Å². The molecule has 8 heteroatoms. The van der Waals surface area contributed by atoms with Crippen LogP contribution in [-0.2, 0) is 18.3 Å². The van der Waals surface area contributed by atoms with Gasteiger partial charge in [0.1, 0.15) is 5.75 Å². The monoisotopic (exact) mass is 594 g/mol. The average Bonchev–Trinajstić information content (AvgIpc) is 2.99. The molecule has 4 rings (SSSR count). The van der Waals surface area contributed by atoms with Gasteiger partial charge in [-0.3, -0.25) is 9.69 Å². The Morgan fingerprint density at radius 1 is 0.833 bits per heavy atom. The molecule has 0 N–H and O–H groups in total. The largest absolute Gasteiger partial charge is 0.494 e. The van der Waals surface area contributed by atoms with Crippen LogP contribution in [0.3, 0.4) is 0 Å². The number of alkyl halides is 3. The molecule has 0 aromatic heterocycles. The number of ether oxygens (including phenoxy) is 1. The summed E-state index contributed by atoms with van der Waals surface area (Å²) in [6.07, 6.45) is -3.99. The normalized spacial score (nSPS) is 11.9. The summed E-state index contributed by atoms with van der Waals surface area (Å²) < 4.78 is 47.2. The number of hydrogen-bond donors (Lipinski definition) is 0. The van der Waals surface area contributed by atoms with Gasteiger partial charge in [-0.2, -0.15) is 13.2 Å². The lowest BCUT2D eigenvalue weighted by Crippen LogP contribution is -2.45. The van der Waals surface area contributed by atoms with Gasteiger partial charge in [-0.05, 0) is 54.3 Å². The number of nitrogens with zero attached hydrogens (tertiary/aromatic N) is 2. The molecule has 0 saturated heterocycles. The molecule has 0 aliphatic heterocycles. The van der Waals surface area contributed by atoms with Crippen molar-refractivity contribution in [2.75, 3.05) is 27.2 Å². The van der Waals surface area contributed by atoms with Crippen molar-refractivity contribution in [3.05, 3.63) is 136 Å². The third kappa shape index (κ3) is 7.15. The number of amides is 1. The highest BCUT2D eigenvalue weighted by Crippen LogP contribution is 2.40. The van der Waals surface area contributed by atoms with E-state index in [0.717, 1.165) is 17.2 Å². The van der Waals surface area contributed by atoms with E-state index in [1.54, 1.807) is 44.4 Å². The molecule has 1 amide bonds. The summed E-state index contributed by atoms with van der Waals surface area (Å²) in [5.74, 6) is 0.454. The summed E-state index contributed by atoms with van der Waals surface area (Å²) in [6.45, 7) is 3.08. The molecule has 220 valence electrons. The van der Waals surface area contributed by atoms with Crippen LogP contribution >= 0.6 is 11.6 Å². The quantitative estimate of drug-likeness (QED) is 0.164. The van der Waals surface area contributed by atoms with Crippen molar-refractivity contribution in [3.63, 3.8) is 0 Å². The first-order valence-corrected chi connectivity index (χ1v) is 14.0. The minimum atomic E-state index is -4.56. The highest BCUT2D eigenvalue weighted by molar-refractivity contribution is 6.32. The summed E-state index contributed by atoms with van der Waals surface area (Å²) in [6, 6.07) is 30.9. The zero-order valence-electron chi connectivity index (χ0n) is 23.9. The van der Waals surface area contributed by atoms with Gasteiger partial charge in [0.25, 0.3) is 5.91 Å². The number of carbonyl (C=O) groups excluding carboxylic acids is 1. The fourth-order valence-corrected chi connectivity index (χ4v) is 5.36. The number of halogens is 4. The lowest BCUT2D eigenvalue weighted by Gasteiger charge is -2.43. The predicted octanol–water partition coefficient (Wildman–Crippen LogP) is 8.30. The highest BCUT2D eigenvalue weighted by Gasteiger charge is 2.37. The molecule has 0 radical (unpaired) electrons. The average molecular weight is 595 g/mol. The molecule has 4 aromatic rings. The predicted molar refractivity (Wildman–Crippen MR) is 161 cm³/mol. The first-order valence-electron chi connectivity index (χ1n) is 13.7. The minimum Gasteiger partial charge on any atom is -0.494 e. The molecule has 42 heavy (non-hydrogen) atoms. The molecule has 4 nitrogen and oxygen atoms in total. The Hall–Kier alpha value is -3.81. The molecule has 4 aromatic carbocycles. The fourth-order valence-electron chi connectivity index (χ4n) is 5.07. The number of hydrogen-bond acceptors (Lipinski definition) is 3. The summed E-state index contributed by atoms with van der Waals surface area (Å²) in [5.41, 5.74) is 1.36. The van der Waals surface area contributed by atoms with Crippen molar-refractivity contribution >= 4 is 17.5 Å². The molecular weight excluding hydrogens is 561 g/mol. The van der Waals surface area contributed by atoms with Crippen molar-refractivity contribution in [3.8, 4) is 5.75 Å². The minimum absolute atomic E-state index is 0.119. The van der Waals surface area contributed by atoms with Gasteiger partial charge in [0.2, 0.25) is 0 Å². The van der Waals surface area contributed by atoms with Crippen molar-refractivity contribution in [1.82, 2.24) is 9.80 Å². The fraction of sp³-hybridized carbons (Fsp3) is 0.265. The van der Waals surface area contributed by atoms with Crippen LogP contribution in [0.4, 0.5) is 13.2 Å². The Balaban J connectivity index is 1.65. The molecule has 0 bridgehead atoms. The number of carbonyl (C=O) groups is 1. The first-order chi connectivity index (χ1) is 20.0. The number of rotatable bonds is 11. The Bertz CT molecular complexity index is 1440. The summed E-state index contributed by atoms with van der Waals surface area (Å²) >= 11 is 6.38. The van der Waals surface area contributed by atoms with Gasteiger partial charge in [-0.25, -0.2) is 0 Å². The van der Waals surface area contributed by atoms with Crippen molar-refractivity contribution < 1.29 is 22.7 Å². The molecule has 0 aliphatic carbocycles. The van der Waals surface area contributed by atoms with Crippen molar-refractivity contribution in [1.29, 1.82) is 0 Å². The third-order valence-corrected chi connectivity index (χ3v) is 7.82. The van der Waals surface area contributed by atoms with E-state index >= 15 is 0 Å². The van der Waals surface area contributed by atoms with E-state index in [1.807, 2.05) is 60.7 Å². The van der Waals surface area contributed by atoms with Gasteiger partial charge in [0.15, 0.2) is 0 Å². The highest BCUT2D eigenvalue weighted by atomic mass is 35.5. The maximum absolute atomic E-state index is 13.7. The second-order valence-electron chi connectivity index (χ2n) is 10.4. The Morgan fingerprint density at radius 2 is 1.43 bits per heavy atom. The van der Waals surface area contributed by atoms with Crippen molar-refractivity contribution in [2.24, 2.45) is 0 Å². The van der Waals surface area contributed by atoms with E-state index in [9.17, 15) is 18.0 Å². The van der Waals surface area contributed by atoms with Crippen molar-refractivity contribution in [2.45, 2.75) is 31.6 Å². The maximum atomic E-state index is 13.7. The molecule has 0 atom stereocenters. The van der Waals surface area contributed by atoms with Crippen LogP contribution in [0.15, 0.2) is 103 Å². The van der Waals surface area contributed by atoms with E-state index in [2.05, 4.69) is 11.8 Å². The molecule has 0 aliphatic rings. The Morgan fingerprint density at radius 3 is 2.00 bits per heavy atom. The molecule has 0 heterocycles. The zero-order chi connectivity index (χ0) is 30.3. The lowest BCUT2D eigenvalue weighted by atomic mass is 9.82. The van der Waals surface area contributed by atoms with Crippen LogP contribution in [0.2, 0.25) is 5.02 Å². The first kappa shape index (κ1) is 31.1. The van der Waals surface area contributed by atoms with Crippen LogP contribution in [0.5, 0.6) is 5.75 Å². The van der Waals surface area contributed by atoms with Gasteiger partial charge >= 0.3 is 6.18 Å². The standard InChI is InChI=1S/C34H34ClF3N2O2/c1-33(27-15-6-4-7-16-27,28-17-8-5-9-18-28)40(24-26-14-11-20-30(31(26)35)34(36,37)38)21-12-22-42-29-19-10-13-25(23-29)32(41)39(2)3/h4-11,13-20,23H,12,21-22,24H2,1-3H3. The third-order valence-electron chi connectivity index (χ3n) is 7.38. The molecule has 0 spiro atoms. The summed E-state index contributed by atoms with van der Waals surface area (Å²) in [7, 11) is 3.38. The Kier molecular flexibility index (Phi) is 9.97. The van der Waals surface area contributed by atoms with Gasteiger partial charge in [-0.15, -0.1) is 0 Å². The van der Waals surface area contributed by atoms with E-state index in [-0.39, 0.29) is 17.5 Å². The van der Waals surface area contributed by atoms with E-state index in [1.165, 1.54) is 11.0 Å². The zero-order valence-corrected chi connectivity index (χ0v) is 24.6. The molecular formula is C34H34ClF3N2O2. The molecule has 0 unspecified atom stereocenters. The van der Waals surface area contributed by atoms with Crippen LogP contribution in [0.25, 0.3) is 0 Å². The van der Waals surface area contributed by atoms with Crippen LogP contribution in [0.1, 0.15) is 46.0 Å². The van der Waals surface area contributed by atoms with Gasteiger partial charge in [-0.1, -0.05) is 90.5 Å². The Labute approximate surface area is 250 Å². The second kappa shape index (κ2) is 13.4. The summed E-state index contributed by atoms with van der Waals surface area (Å²) in [4.78, 5) is 16.0. The second-order valence-corrected chi connectivity index (χ2v) is 10.8. The van der Waals surface area contributed by atoms with Crippen LogP contribution < -0.4 is 4.74 Å². The van der Waals surface area contributed by atoms with E-state index in [0.29, 0.717) is 36.4 Å².